The van der Waals surface area contributed by atoms with E-state index in [4.69, 9.17) is 5.84 Å². The highest BCUT2D eigenvalue weighted by Gasteiger charge is 2.26. The third-order valence-electron chi connectivity index (χ3n) is 2.88. The van der Waals surface area contributed by atoms with Crippen molar-refractivity contribution >= 4 is 11.8 Å². The van der Waals surface area contributed by atoms with Crippen molar-refractivity contribution in [2.75, 3.05) is 7.05 Å². The van der Waals surface area contributed by atoms with E-state index in [0.29, 0.717) is 6.42 Å². The van der Waals surface area contributed by atoms with Crippen LogP contribution >= 0.6 is 0 Å². The molecule has 100 valence electrons. The van der Waals surface area contributed by atoms with Crippen LogP contribution in [0.15, 0.2) is 0 Å². The Hall–Kier alpha value is -1.10. The smallest absolute Gasteiger partial charge is 0.259 e. The van der Waals surface area contributed by atoms with Crippen LogP contribution in [-0.2, 0) is 9.59 Å². The summed E-state index contributed by atoms with van der Waals surface area (Å²) in [5, 5.41) is 2.12. The number of nitrogens with two attached hydrogens (primary N) is 1. The monoisotopic (exact) mass is 243 g/mol. The second kappa shape index (κ2) is 6.59. The summed E-state index contributed by atoms with van der Waals surface area (Å²) < 4.78 is 0. The van der Waals surface area contributed by atoms with Crippen LogP contribution in [0.1, 0.15) is 41.0 Å². The van der Waals surface area contributed by atoms with Gasteiger partial charge in [0.2, 0.25) is 5.91 Å². The minimum atomic E-state index is -0.236. The molecule has 0 bridgehead atoms. The summed E-state index contributed by atoms with van der Waals surface area (Å²) in [4.78, 5) is 23.7. The van der Waals surface area contributed by atoms with Crippen molar-refractivity contribution in [1.82, 2.24) is 10.1 Å². The van der Waals surface area contributed by atoms with Crippen LogP contribution in [0.25, 0.3) is 0 Å². The molecule has 0 aliphatic carbocycles. The van der Waals surface area contributed by atoms with Crippen molar-refractivity contribution in [3.05, 3.63) is 0 Å². The third-order valence-corrected chi connectivity index (χ3v) is 2.88. The van der Waals surface area contributed by atoms with E-state index in [1.54, 1.807) is 0 Å². The van der Waals surface area contributed by atoms with Gasteiger partial charge in [0.15, 0.2) is 0 Å². The molecule has 5 nitrogen and oxygen atoms in total. The fraction of sp³-hybridized carbons (Fsp3) is 0.833. The molecule has 0 heterocycles. The quantitative estimate of drug-likeness (QED) is 0.461. The van der Waals surface area contributed by atoms with Crippen molar-refractivity contribution in [1.29, 1.82) is 0 Å². The Labute approximate surface area is 104 Å². The first kappa shape index (κ1) is 15.9. The predicted octanol–water partition coefficient (Wildman–Crippen LogP) is 1.40. The number of carbonyl (C=O) groups is 2. The predicted molar refractivity (Wildman–Crippen MR) is 67.3 cm³/mol. The second-order valence-electron chi connectivity index (χ2n) is 5.23. The molecule has 0 aromatic carbocycles. The lowest BCUT2D eigenvalue weighted by atomic mass is 9.97. The minimum absolute atomic E-state index is 0.146. The van der Waals surface area contributed by atoms with Gasteiger partial charge in [-0.3, -0.25) is 9.59 Å². The zero-order valence-corrected chi connectivity index (χ0v) is 11.7. The number of rotatable bonds is 4. The van der Waals surface area contributed by atoms with Crippen molar-refractivity contribution in [2.24, 2.45) is 23.6 Å². The van der Waals surface area contributed by atoms with E-state index >= 15 is 0 Å². The summed E-state index contributed by atoms with van der Waals surface area (Å²) >= 11 is 0. The molecule has 0 rings (SSSR count). The summed E-state index contributed by atoms with van der Waals surface area (Å²) in [6.45, 7) is 9.61. The van der Waals surface area contributed by atoms with E-state index in [2.05, 4.69) is 0 Å². The molecule has 0 aliphatic heterocycles. The molecule has 1 atom stereocenters. The van der Waals surface area contributed by atoms with Crippen molar-refractivity contribution in [3.63, 3.8) is 0 Å². The standard InChI is InChI=1S/C12H25N3O2/c1-8(2)7-11(16)14(6)15(13)12(17)10(5)9(3)4/h8-10H,7,13H2,1-6H3. The first-order valence-electron chi connectivity index (χ1n) is 6.03. The zero-order valence-electron chi connectivity index (χ0n) is 11.7. The Morgan fingerprint density at radius 2 is 1.59 bits per heavy atom. The molecule has 0 aliphatic rings. The molecule has 0 aromatic heterocycles. The number of hydrazine groups is 2. The van der Waals surface area contributed by atoms with Gasteiger partial charge in [-0.2, -0.15) is 5.12 Å². The lowest BCUT2D eigenvalue weighted by molar-refractivity contribution is -0.165. The number of carbonyl (C=O) groups excluding carboxylic acids is 2. The maximum atomic E-state index is 11.9. The van der Waals surface area contributed by atoms with Gasteiger partial charge in [0.05, 0.1) is 0 Å². The van der Waals surface area contributed by atoms with Gasteiger partial charge >= 0.3 is 0 Å². The van der Waals surface area contributed by atoms with Crippen molar-refractivity contribution in [2.45, 2.75) is 41.0 Å². The van der Waals surface area contributed by atoms with Gasteiger partial charge in [-0.1, -0.05) is 34.6 Å². The maximum absolute atomic E-state index is 11.9. The highest BCUT2D eigenvalue weighted by molar-refractivity contribution is 5.82. The normalized spacial score (nSPS) is 12.8. The number of nitrogens with zero attached hydrogens (tertiary/aromatic N) is 2. The van der Waals surface area contributed by atoms with Crippen molar-refractivity contribution in [3.8, 4) is 0 Å². The van der Waals surface area contributed by atoms with Crippen LogP contribution in [0, 0.1) is 17.8 Å². The molecular formula is C12H25N3O2. The molecule has 5 heteroatoms. The number of hydrogen-bond donors (Lipinski definition) is 1. The Bertz CT molecular complexity index is 277. The lowest BCUT2D eigenvalue weighted by Crippen LogP contribution is -2.54. The topological polar surface area (TPSA) is 66.6 Å². The van der Waals surface area contributed by atoms with Crippen LogP contribution in [0.2, 0.25) is 0 Å². The Morgan fingerprint density at radius 3 is 1.94 bits per heavy atom. The van der Waals surface area contributed by atoms with E-state index in [0.717, 1.165) is 5.12 Å². The molecule has 17 heavy (non-hydrogen) atoms. The molecule has 0 saturated heterocycles. The molecule has 2 N–H and O–H groups in total. The molecule has 2 amide bonds. The van der Waals surface area contributed by atoms with Crippen LogP contribution in [-0.4, -0.2) is 29.0 Å². The van der Waals surface area contributed by atoms with E-state index < -0.39 is 0 Å². The van der Waals surface area contributed by atoms with Gasteiger partial charge in [0, 0.05) is 19.4 Å². The first-order valence-corrected chi connectivity index (χ1v) is 6.03. The largest absolute Gasteiger partial charge is 0.273 e. The van der Waals surface area contributed by atoms with Crippen LogP contribution in [0.5, 0.6) is 0 Å². The average molecular weight is 243 g/mol. The van der Waals surface area contributed by atoms with Gasteiger partial charge < -0.3 is 0 Å². The lowest BCUT2D eigenvalue weighted by Gasteiger charge is -2.30. The highest BCUT2D eigenvalue weighted by atomic mass is 16.2. The van der Waals surface area contributed by atoms with Gasteiger partial charge in [-0.25, -0.2) is 10.9 Å². The first-order chi connectivity index (χ1) is 7.68. The molecule has 0 aromatic rings. The van der Waals surface area contributed by atoms with Gasteiger partial charge in [-0.15, -0.1) is 0 Å². The van der Waals surface area contributed by atoms with Crippen LogP contribution < -0.4 is 5.84 Å². The van der Waals surface area contributed by atoms with E-state index in [-0.39, 0.29) is 29.6 Å². The van der Waals surface area contributed by atoms with Crippen LogP contribution in [0.3, 0.4) is 0 Å². The van der Waals surface area contributed by atoms with Gasteiger partial charge in [0.1, 0.15) is 0 Å². The summed E-state index contributed by atoms with van der Waals surface area (Å²) in [5.74, 6) is 5.53. The second-order valence-corrected chi connectivity index (χ2v) is 5.23. The van der Waals surface area contributed by atoms with Crippen LogP contribution in [0.4, 0.5) is 0 Å². The molecule has 0 radical (unpaired) electrons. The SMILES string of the molecule is CC(C)CC(=O)N(C)N(N)C(=O)C(C)C(C)C. The molecule has 0 spiro atoms. The van der Waals surface area contributed by atoms with E-state index in [1.807, 2.05) is 34.6 Å². The zero-order chi connectivity index (χ0) is 13.7. The fourth-order valence-electron chi connectivity index (χ4n) is 1.24. The highest BCUT2D eigenvalue weighted by Crippen LogP contribution is 2.13. The summed E-state index contributed by atoms with van der Waals surface area (Å²) in [5.41, 5.74) is 0. The summed E-state index contributed by atoms with van der Waals surface area (Å²) in [6, 6.07) is 0. The molecule has 1 unspecified atom stereocenters. The average Bonchev–Trinajstić information content (AvgIpc) is 2.23. The Balaban J connectivity index is 4.54. The minimum Gasteiger partial charge on any atom is -0.273 e. The number of amides is 2. The van der Waals surface area contributed by atoms with Gasteiger partial charge in [0.25, 0.3) is 5.91 Å². The Kier molecular flexibility index (Phi) is 6.16. The Morgan fingerprint density at radius 1 is 1.12 bits per heavy atom. The molecule has 0 saturated carbocycles. The molecular weight excluding hydrogens is 218 g/mol. The van der Waals surface area contributed by atoms with Gasteiger partial charge in [-0.05, 0) is 11.8 Å². The van der Waals surface area contributed by atoms with Crippen molar-refractivity contribution < 1.29 is 9.59 Å². The fourth-order valence-corrected chi connectivity index (χ4v) is 1.24. The molecule has 0 fully saturated rings. The van der Waals surface area contributed by atoms with E-state index in [1.165, 1.54) is 12.1 Å². The summed E-state index contributed by atoms with van der Waals surface area (Å²) in [6.07, 6.45) is 0.382. The number of hydrogen-bond acceptors (Lipinski definition) is 3. The van der Waals surface area contributed by atoms with E-state index in [9.17, 15) is 9.59 Å². The maximum Gasteiger partial charge on any atom is 0.259 e. The third kappa shape index (κ3) is 4.73. The summed E-state index contributed by atoms with van der Waals surface area (Å²) in [7, 11) is 1.52.